The van der Waals surface area contributed by atoms with Gasteiger partial charge in [0.25, 0.3) is 5.91 Å². The zero-order valence-corrected chi connectivity index (χ0v) is 18.4. The highest BCUT2D eigenvalue weighted by Gasteiger charge is 2.32. The van der Waals surface area contributed by atoms with E-state index in [0.29, 0.717) is 43.9 Å². The van der Waals surface area contributed by atoms with Gasteiger partial charge in [0.05, 0.1) is 18.2 Å². The van der Waals surface area contributed by atoms with Gasteiger partial charge in [0.1, 0.15) is 5.69 Å². The Morgan fingerprint density at radius 2 is 1.84 bits per heavy atom. The molecule has 0 atom stereocenters. The van der Waals surface area contributed by atoms with Crippen molar-refractivity contribution in [3.63, 3.8) is 0 Å². The molecule has 0 unspecified atom stereocenters. The molecule has 0 bridgehead atoms. The van der Waals surface area contributed by atoms with Crippen LogP contribution < -0.4 is 0 Å². The van der Waals surface area contributed by atoms with Crippen molar-refractivity contribution < 1.29 is 14.3 Å². The maximum atomic E-state index is 13.4. The van der Waals surface area contributed by atoms with E-state index in [2.05, 4.69) is 34.4 Å². The maximum absolute atomic E-state index is 13.4. The summed E-state index contributed by atoms with van der Waals surface area (Å²) in [4.78, 5) is 31.3. The average Bonchev–Trinajstić information content (AvgIpc) is 3.29. The van der Waals surface area contributed by atoms with Crippen molar-refractivity contribution in [2.75, 3.05) is 19.7 Å². The lowest BCUT2D eigenvalue weighted by molar-refractivity contribution is -0.149. The number of pyridine rings is 1. The summed E-state index contributed by atoms with van der Waals surface area (Å²) in [7, 11) is 0. The van der Waals surface area contributed by atoms with Gasteiger partial charge in [-0.1, -0.05) is 24.3 Å². The Labute approximate surface area is 187 Å². The Balaban J connectivity index is 1.65. The minimum absolute atomic E-state index is 0.161. The number of hydrogen-bond acceptors (Lipinski definition) is 6. The molecule has 1 aromatic carbocycles. The van der Waals surface area contributed by atoms with Crippen LogP contribution in [0, 0.1) is 5.92 Å². The molecule has 0 N–H and O–H groups in total. The molecular formula is C24H27N5O3. The molecule has 1 aliphatic heterocycles. The molecule has 32 heavy (non-hydrogen) atoms. The Hall–Kier alpha value is -3.55. The maximum Gasteiger partial charge on any atom is 0.309 e. The van der Waals surface area contributed by atoms with Crippen molar-refractivity contribution in [1.29, 1.82) is 0 Å². The van der Waals surface area contributed by atoms with Crippen molar-refractivity contribution in [3.05, 3.63) is 60.0 Å². The Bertz CT molecular complexity index is 1090. The van der Waals surface area contributed by atoms with Crippen molar-refractivity contribution in [2.24, 2.45) is 5.92 Å². The summed E-state index contributed by atoms with van der Waals surface area (Å²) in [5, 5.41) is 8.64. The molecule has 0 aliphatic carbocycles. The van der Waals surface area contributed by atoms with Gasteiger partial charge in [-0.2, -0.15) is 0 Å². The number of nitrogens with zero attached hydrogens (tertiary/aromatic N) is 5. The molecule has 1 saturated heterocycles. The van der Waals surface area contributed by atoms with Crippen molar-refractivity contribution in [1.82, 2.24) is 24.9 Å². The van der Waals surface area contributed by atoms with Crippen molar-refractivity contribution in [2.45, 2.75) is 33.1 Å². The molecule has 8 heteroatoms. The third kappa shape index (κ3) is 4.39. The molecule has 0 radical (unpaired) electrons. The number of amides is 1. The minimum atomic E-state index is -0.183. The predicted octanol–water partition coefficient (Wildman–Crippen LogP) is 3.31. The van der Waals surface area contributed by atoms with Crippen LogP contribution in [-0.4, -0.2) is 56.5 Å². The number of carbonyl (C=O) groups is 2. The first kappa shape index (κ1) is 21.7. The second-order valence-corrected chi connectivity index (χ2v) is 7.78. The van der Waals surface area contributed by atoms with Gasteiger partial charge in [0, 0.05) is 31.0 Å². The fourth-order valence-electron chi connectivity index (χ4n) is 4.01. The summed E-state index contributed by atoms with van der Waals surface area (Å²) in [5.74, 6) is -0.526. The first-order chi connectivity index (χ1) is 15.6. The van der Waals surface area contributed by atoms with E-state index in [4.69, 9.17) is 4.74 Å². The van der Waals surface area contributed by atoms with Crippen LogP contribution in [0.2, 0.25) is 0 Å². The number of benzene rings is 1. The van der Waals surface area contributed by atoms with Gasteiger partial charge >= 0.3 is 5.97 Å². The number of aryl methyl sites for hydroxylation is 1. The van der Waals surface area contributed by atoms with Gasteiger partial charge in [-0.05, 0) is 56.0 Å². The van der Waals surface area contributed by atoms with E-state index in [1.807, 2.05) is 24.3 Å². The van der Waals surface area contributed by atoms with Crippen LogP contribution in [0.4, 0.5) is 0 Å². The number of rotatable bonds is 6. The summed E-state index contributed by atoms with van der Waals surface area (Å²) < 4.78 is 6.85. The number of piperidine rings is 1. The zero-order valence-electron chi connectivity index (χ0n) is 18.4. The quantitative estimate of drug-likeness (QED) is 0.554. The van der Waals surface area contributed by atoms with Crippen LogP contribution in [0.15, 0.2) is 48.8 Å². The Kier molecular flexibility index (Phi) is 6.58. The number of esters is 1. The topological polar surface area (TPSA) is 90.2 Å². The van der Waals surface area contributed by atoms with E-state index in [1.165, 1.54) is 5.56 Å². The Morgan fingerprint density at radius 3 is 2.53 bits per heavy atom. The summed E-state index contributed by atoms with van der Waals surface area (Å²) >= 11 is 0. The third-order valence-electron chi connectivity index (χ3n) is 5.79. The number of likely N-dealkylation sites (tertiary alicyclic amines) is 1. The van der Waals surface area contributed by atoms with Crippen molar-refractivity contribution in [3.8, 4) is 16.9 Å². The van der Waals surface area contributed by atoms with Gasteiger partial charge in [0.15, 0.2) is 5.69 Å². The molecule has 2 aromatic heterocycles. The second-order valence-electron chi connectivity index (χ2n) is 7.78. The third-order valence-corrected chi connectivity index (χ3v) is 5.79. The van der Waals surface area contributed by atoms with E-state index in [9.17, 15) is 9.59 Å². The van der Waals surface area contributed by atoms with E-state index >= 15 is 0 Å². The summed E-state index contributed by atoms with van der Waals surface area (Å²) in [5.41, 5.74) is 3.78. The predicted molar refractivity (Wildman–Crippen MR) is 119 cm³/mol. The first-order valence-electron chi connectivity index (χ1n) is 11.0. The van der Waals surface area contributed by atoms with Gasteiger partial charge in [-0.25, -0.2) is 4.68 Å². The standard InChI is InChI=1S/C24H27N5O3/c1-3-17-6-5-7-20(16-17)29-22(18-8-12-25-13-9-18)21(26-27-29)23(30)28-14-10-19(11-15-28)24(31)32-4-2/h5-9,12-13,16,19H,3-4,10-11,14-15H2,1-2H3. The zero-order chi connectivity index (χ0) is 22.5. The number of carbonyl (C=O) groups excluding carboxylic acids is 2. The van der Waals surface area contributed by atoms with Gasteiger partial charge in [0.2, 0.25) is 0 Å². The van der Waals surface area contributed by atoms with Gasteiger partial charge in [-0.15, -0.1) is 5.10 Å². The molecule has 1 amide bonds. The van der Waals surface area contributed by atoms with Gasteiger partial charge < -0.3 is 9.64 Å². The highest BCUT2D eigenvalue weighted by molar-refractivity contribution is 5.98. The molecule has 8 nitrogen and oxygen atoms in total. The summed E-state index contributed by atoms with van der Waals surface area (Å²) in [6.45, 7) is 5.23. The van der Waals surface area contributed by atoms with Crippen LogP contribution in [0.3, 0.4) is 0 Å². The van der Waals surface area contributed by atoms with Crippen LogP contribution in [0.25, 0.3) is 16.9 Å². The minimum Gasteiger partial charge on any atom is -0.466 e. The molecular weight excluding hydrogens is 406 g/mol. The molecule has 3 aromatic rings. The fraction of sp³-hybridized carbons (Fsp3) is 0.375. The number of ether oxygens (including phenoxy) is 1. The SMILES string of the molecule is CCOC(=O)C1CCN(C(=O)c2nnn(-c3cccc(CC)c3)c2-c2ccncc2)CC1. The van der Waals surface area contributed by atoms with Gasteiger partial charge in [-0.3, -0.25) is 14.6 Å². The van der Waals surface area contributed by atoms with Crippen molar-refractivity contribution >= 4 is 11.9 Å². The monoisotopic (exact) mass is 433 g/mol. The van der Waals surface area contributed by atoms with Crippen LogP contribution in [0.5, 0.6) is 0 Å². The first-order valence-corrected chi connectivity index (χ1v) is 11.0. The Morgan fingerprint density at radius 1 is 1.09 bits per heavy atom. The fourth-order valence-corrected chi connectivity index (χ4v) is 4.01. The van der Waals surface area contributed by atoms with Crippen LogP contribution in [-0.2, 0) is 16.0 Å². The smallest absolute Gasteiger partial charge is 0.309 e. The van der Waals surface area contributed by atoms with Crippen LogP contribution >= 0.6 is 0 Å². The number of aromatic nitrogens is 4. The van der Waals surface area contributed by atoms with E-state index < -0.39 is 0 Å². The second kappa shape index (κ2) is 9.72. The lowest BCUT2D eigenvalue weighted by atomic mass is 9.96. The molecule has 166 valence electrons. The van der Waals surface area contributed by atoms with E-state index in [-0.39, 0.29) is 17.8 Å². The lowest BCUT2D eigenvalue weighted by Crippen LogP contribution is -2.41. The molecule has 1 aliphatic rings. The highest BCUT2D eigenvalue weighted by atomic mass is 16.5. The average molecular weight is 434 g/mol. The summed E-state index contributed by atoms with van der Waals surface area (Å²) in [6, 6.07) is 11.8. The molecule has 0 spiro atoms. The van der Waals surface area contributed by atoms with Crippen LogP contribution in [0.1, 0.15) is 42.7 Å². The highest BCUT2D eigenvalue weighted by Crippen LogP contribution is 2.28. The number of hydrogen-bond donors (Lipinski definition) is 0. The van der Waals surface area contributed by atoms with E-state index in [0.717, 1.165) is 17.7 Å². The molecule has 0 saturated carbocycles. The normalized spacial score (nSPS) is 14.4. The molecule has 3 heterocycles. The van der Waals surface area contributed by atoms with E-state index in [1.54, 1.807) is 28.9 Å². The summed E-state index contributed by atoms with van der Waals surface area (Å²) in [6.07, 6.45) is 5.44. The largest absolute Gasteiger partial charge is 0.466 e. The molecule has 4 rings (SSSR count). The molecule has 1 fully saturated rings. The lowest BCUT2D eigenvalue weighted by Gasteiger charge is -2.30.